The highest BCUT2D eigenvalue weighted by Crippen LogP contribution is 2.21. The number of nitrogens with zero attached hydrogens (tertiary/aromatic N) is 1. The van der Waals surface area contributed by atoms with Crippen molar-refractivity contribution < 1.29 is 9.50 Å². The van der Waals surface area contributed by atoms with Crippen LogP contribution in [0.25, 0.3) is 0 Å². The third kappa shape index (κ3) is 3.85. The van der Waals surface area contributed by atoms with E-state index in [9.17, 15) is 9.50 Å². The molecule has 0 aliphatic heterocycles. The fourth-order valence-electron chi connectivity index (χ4n) is 1.89. The summed E-state index contributed by atoms with van der Waals surface area (Å²) in [5.41, 5.74) is 1.78. The van der Waals surface area contributed by atoms with E-state index in [2.05, 4.69) is 26.2 Å². The fourth-order valence-corrected chi connectivity index (χ4v) is 2.29. The van der Waals surface area contributed by atoms with Crippen molar-refractivity contribution in [1.82, 2.24) is 10.3 Å². The Morgan fingerprint density at radius 3 is 2.60 bits per heavy atom. The van der Waals surface area contributed by atoms with E-state index in [0.29, 0.717) is 11.0 Å². The molecule has 2 aromatic rings. The van der Waals surface area contributed by atoms with Crippen LogP contribution in [0.2, 0.25) is 0 Å². The Bertz CT molecular complexity index is 565. The van der Waals surface area contributed by atoms with Crippen LogP contribution in [0.1, 0.15) is 30.2 Å². The second-order valence-electron chi connectivity index (χ2n) is 4.60. The van der Waals surface area contributed by atoms with Gasteiger partial charge < -0.3 is 10.4 Å². The van der Waals surface area contributed by atoms with E-state index in [-0.39, 0.29) is 11.9 Å². The maximum absolute atomic E-state index is 13.2. The highest BCUT2D eigenvalue weighted by atomic mass is 79.9. The number of rotatable bonds is 5. The van der Waals surface area contributed by atoms with Crippen LogP contribution in [-0.4, -0.2) is 16.6 Å². The maximum atomic E-state index is 13.2. The van der Waals surface area contributed by atoms with Gasteiger partial charge in [-0.3, -0.25) is 4.98 Å². The summed E-state index contributed by atoms with van der Waals surface area (Å²) >= 11 is 3.17. The molecule has 0 aliphatic rings. The minimum atomic E-state index is -0.593. The number of aromatic nitrogens is 1. The number of nitrogens with one attached hydrogen (secondary N) is 1. The number of hydrogen-bond acceptors (Lipinski definition) is 3. The molecule has 2 N–H and O–H groups in total. The Balaban J connectivity index is 1.95. The van der Waals surface area contributed by atoms with Crippen molar-refractivity contribution in [3.05, 3.63) is 64.1 Å². The van der Waals surface area contributed by atoms with E-state index < -0.39 is 6.10 Å². The summed E-state index contributed by atoms with van der Waals surface area (Å²) in [6, 6.07) is 8.49. The van der Waals surface area contributed by atoms with Crippen LogP contribution in [0.15, 0.2) is 47.2 Å². The van der Waals surface area contributed by atoms with Crippen molar-refractivity contribution >= 4 is 15.9 Å². The molecule has 106 valence electrons. The summed E-state index contributed by atoms with van der Waals surface area (Å²) in [4.78, 5) is 3.92. The molecule has 0 spiro atoms. The third-order valence-electron chi connectivity index (χ3n) is 3.15. The van der Waals surface area contributed by atoms with Crippen LogP contribution in [0.4, 0.5) is 4.39 Å². The molecule has 3 nitrogen and oxygen atoms in total. The molecule has 0 saturated heterocycles. The van der Waals surface area contributed by atoms with Crippen LogP contribution in [0, 0.1) is 5.82 Å². The highest BCUT2D eigenvalue weighted by Gasteiger charge is 2.11. The fraction of sp³-hybridized carbons (Fsp3) is 0.267. The maximum Gasteiger partial charge on any atom is 0.137 e. The molecule has 0 radical (unpaired) electrons. The first-order valence-corrected chi connectivity index (χ1v) is 7.13. The Morgan fingerprint density at radius 2 is 1.95 bits per heavy atom. The van der Waals surface area contributed by atoms with Crippen molar-refractivity contribution in [2.75, 3.05) is 6.54 Å². The van der Waals surface area contributed by atoms with Gasteiger partial charge in [0, 0.05) is 25.0 Å². The molecule has 1 heterocycles. The molecule has 2 unspecified atom stereocenters. The summed E-state index contributed by atoms with van der Waals surface area (Å²) in [7, 11) is 0. The summed E-state index contributed by atoms with van der Waals surface area (Å²) in [6.45, 7) is 2.39. The molecule has 0 fully saturated rings. The molecule has 0 saturated carbocycles. The zero-order valence-electron chi connectivity index (χ0n) is 11.1. The van der Waals surface area contributed by atoms with Gasteiger partial charge in [-0.15, -0.1) is 0 Å². The first-order chi connectivity index (χ1) is 9.58. The van der Waals surface area contributed by atoms with Gasteiger partial charge in [0.15, 0.2) is 0 Å². The zero-order chi connectivity index (χ0) is 14.5. The van der Waals surface area contributed by atoms with Crippen molar-refractivity contribution in [2.24, 2.45) is 0 Å². The van der Waals surface area contributed by atoms with Gasteiger partial charge in [-0.05, 0) is 58.2 Å². The minimum absolute atomic E-state index is 0.0170. The Kier molecular flexibility index (Phi) is 5.23. The third-order valence-corrected chi connectivity index (χ3v) is 3.76. The minimum Gasteiger partial charge on any atom is -0.387 e. The van der Waals surface area contributed by atoms with Crippen molar-refractivity contribution in [3.8, 4) is 0 Å². The summed E-state index contributed by atoms with van der Waals surface area (Å²) in [5, 5.41) is 13.3. The molecule has 0 bridgehead atoms. The van der Waals surface area contributed by atoms with Crippen LogP contribution in [0.3, 0.4) is 0 Å². The van der Waals surface area contributed by atoms with Gasteiger partial charge in [-0.1, -0.05) is 6.07 Å². The Hall–Kier alpha value is -1.30. The first-order valence-electron chi connectivity index (χ1n) is 6.34. The molecule has 0 amide bonds. The number of benzene rings is 1. The lowest BCUT2D eigenvalue weighted by Crippen LogP contribution is -2.24. The second-order valence-corrected chi connectivity index (χ2v) is 5.45. The summed E-state index contributed by atoms with van der Waals surface area (Å²) in [6.07, 6.45) is 2.71. The molecule has 1 aromatic carbocycles. The molecular weight excluding hydrogens is 323 g/mol. The molecule has 5 heteroatoms. The standard InChI is InChI=1S/C15H16BrFN2O/c1-10(12-2-3-14(17)13(16)8-12)19-9-15(20)11-4-6-18-7-5-11/h2-8,10,15,19-20H,9H2,1H3. The quantitative estimate of drug-likeness (QED) is 0.878. The second kappa shape index (κ2) is 6.92. The Morgan fingerprint density at radius 1 is 1.25 bits per heavy atom. The highest BCUT2D eigenvalue weighted by molar-refractivity contribution is 9.10. The van der Waals surface area contributed by atoms with Gasteiger partial charge in [-0.25, -0.2) is 4.39 Å². The van der Waals surface area contributed by atoms with E-state index in [1.165, 1.54) is 6.07 Å². The largest absolute Gasteiger partial charge is 0.387 e. The van der Waals surface area contributed by atoms with Crippen LogP contribution < -0.4 is 5.32 Å². The van der Waals surface area contributed by atoms with Gasteiger partial charge in [0.2, 0.25) is 0 Å². The lowest BCUT2D eigenvalue weighted by atomic mass is 10.1. The van der Waals surface area contributed by atoms with Crippen molar-refractivity contribution in [1.29, 1.82) is 0 Å². The lowest BCUT2D eigenvalue weighted by molar-refractivity contribution is 0.170. The van der Waals surface area contributed by atoms with E-state index >= 15 is 0 Å². The predicted molar refractivity (Wildman–Crippen MR) is 79.7 cm³/mol. The number of pyridine rings is 1. The Labute approximate surface area is 126 Å². The molecule has 0 aliphatic carbocycles. The predicted octanol–water partition coefficient (Wildman–Crippen LogP) is 3.37. The zero-order valence-corrected chi connectivity index (χ0v) is 12.6. The number of aliphatic hydroxyl groups is 1. The number of aliphatic hydroxyl groups excluding tert-OH is 1. The van der Waals surface area contributed by atoms with Crippen LogP contribution in [-0.2, 0) is 0 Å². The van der Waals surface area contributed by atoms with Gasteiger partial charge >= 0.3 is 0 Å². The van der Waals surface area contributed by atoms with Gasteiger partial charge in [0.25, 0.3) is 0 Å². The molecule has 2 atom stereocenters. The normalized spacial score (nSPS) is 14.0. The molecular formula is C15H16BrFN2O. The van der Waals surface area contributed by atoms with Gasteiger partial charge in [0.1, 0.15) is 5.82 Å². The van der Waals surface area contributed by atoms with Crippen molar-refractivity contribution in [2.45, 2.75) is 19.1 Å². The summed E-state index contributed by atoms with van der Waals surface area (Å²) < 4.78 is 13.6. The van der Waals surface area contributed by atoms with E-state index in [1.54, 1.807) is 36.7 Å². The molecule has 1 aromatic heterocycles. The first kappa shape index (κ1) is 15.1. The molecule has 20 heavy (non-hydrogen) atoms. The summed E-state index contributed by atoms with van der Waals surface area (Å²) in [5.74, 6) is -0.280. The van der Waals surface area contributed by atoms with E-state index in [4.69, 9.17) is 0 Å². The smallest absolute Gasteiger partial charge is 0.137 e. The number of halogens is 2. The van der Waals surface area contributed by atoms with Gasteiger partial charge in [0.05, 0.1) is 10.6 Å². The van der Waals surface area contributed by atoms with E-state index in [0.717, 1.165) is 11.1 Å². The SMILES string of the molecule is CC(NCC(O)c1ccncc1)c1ccc(F)c(Br)c1. The van der Waals surface area contributed by atoms with E-state index in [1.807, 2.05) is 6.92 Å². The number of hydrogen-bond donors (Lipinski definition) is 2. The molecule has 2 rings (SSSR count). The average Bonchev–Trinajstić information content (AvgIpc) is 2.48. The van der Waals surface area contributed by atoms with Crippen molar-refractivity contribution in [3.63, 3.8) is 0 Å². The lowest BCUT2D eigenvalue weighted by Gasteiger charge is -2.18. The van der Waals surface area contributed by atoms with Crippen LogP contribution in [0.5, 0.6) is 0 Å². The monoisotopic (exact) mass is 338 g/mol. The van der Waals surface area contributed by atoms with Gasteiger partial charge in [-0.2, -0.15) is 0 Å². The topological polar surface area (TPSA) is 45.1 Å². The average molecular weight is 339 g/mol. The van der Waals surface area contributed by atoms with Crippen LogP contribution >= 0.6 is 15.9 Å².